The molecule has 1 aromatic heterocycles. The lowest BCUT2D eigenvalue weighted by molar-refractivity contribution is 0.244. The summed E-state index contributed by atoms with van der Waals surface area (Å²) < 4.78 is 5.79. The van der Waals surface area contributed by atoms with Crippen LogP contribution in [0.25, 0.3) is 11.0 Å². The van der Waals surface area contributed by atoms with Crippen molar-refractivity contribution in [2.75, 3.05) is 5.32 Å². The highest BCUT2D eigenvalue weighted by molar-refractivity contribution is 5.78. The fourth-order valence-corrected chi connectivity index (χ4v) is 2.07. The van der Waals surface area contributed by atoms with Gasteiger partial charge in [-0.25, -0.2) is 4.98 Å². The maximum absolute atomic E-state index is 5.79. The number of fused-ring (bicyclic) bond motifs is 1. The highest BCUT2D eigenvalue weighted by atomic mass is 16.5. The van der Waals surface area contributed by atoms with Crippen LogP contribution in [0, 0.1) is 0 Å². The van der Waals surface area contributed by atoms with Crippen molar-refractivity contribution in [3.63, 3.8) is 0 Å². The third kappa shape index (κ3) is 2.59. The predicted molar refractivity (Wildman–Crippen MR) is 81.6 cm³/mol. The second-order valence-electron chi connectivity index (χ2n) is 4.89. The van der Waals surface area contributed by atoms with Gasteiger partial charge >= 0.3 is 0 Å². The number of aromatic amines is 1. The molecule has 0 atom stereocenters. The fraction of sp³-hybridized carbons (Fsp3) is 0.188. The van der Waals surface area contributed by atoms with Crippen molar-refractivity contribution in [2.24, 2.45) is 0 Å². The van der Waals surface area contributed by atoms with E-state index in [2.05, 4.69) is 15.3 Å². The summed E-state index contributed by atoms with van der Waals surface area (Å²) in [6, 6.07) is 15.8. The van der Waals surface area contributed by atoms with Crippen LogP contribution in [0.2, 0.25) is 0 Å². The summed E-state index contributed by atoms with van der Waals surface area (Å²) in [6.07, 6.45) is 0.133. The first-order valence-corrected chi connectivity index (χ1v) is 6.70. The molecule has 0 fully saturated rings. The van der Waals surface area contributed by atoms with Gasteiger partial charge in [-0.3, -0.25) is 0 Å². The number of hydrogen-bond donors (Lipinski definition) is 2. The van der Waals surface area contributed by atoms with E-state index in [4.69, 9.17) is 4.74 Å². The van der Waals surface area contributed by atoms with Crippen LogP contribution in [0.5, 0.6) is 5.75 Å². The van der Waals surface area contributed by atoms with E-state index in [1.54, 1.807) is 0 Å². The monoisotopic (exact) mass is 267 g/mol. The van der Waals surface area contributed by atoms with Crippen LogP contribution in [0.3, 0.4) is 0 Å². The van der Waals surface area contributed by atoms with Crippen LogP contribution < -0.4 is 10.1 Å². The number of nitrogens with zero attached hydrogens (tertiary/aromatic N) is 1. The van der Waals surface area contributed by atoms with Gasteiger partial charge in [0.2, 0.25) is 5.95 Å². The topological polar surface area (TPSA) is 49.9 Å². The van der Waals surface area contributed by atoms with E-state index in [-0.39, 0.29) is 6.10 Å². The van der Waals surface area contributed by atoms with Crippen LogP contribution in [0.1, 0.15) is 13.8 Å². The van der Waals surface area contributed by atoms with Gasteiger partial charge in [0.15, 0.2) is 0 Å². The van der Waals surface area contributed by atoms with Gasteiger partial charge in [0.05, 0.1) is 22.8 Å². The minimum Gasteiger partial charge on any atom is -0.489 e. The van der Waals surface area contributed by atoms with E-state index in [9.17, 15) is 0 Å². The number of H-pyrrole nitrogens is 1. The summed E-state index contributed by atoms with van der Waals surface area (Å²) in [7, 11) is 0. The number of benzene rings is 2. The van der Waals surface area contributed by atoms with E-state index in [1.807, 2.05) is 62.4 Å². The van der Waals surface area contributed by atoms with Crippen molar-refractivity contribution in [1.29, 1.82) is 0 Å². The van der Waals surface area contributed by atoms with Gasteiger partial charge in [0.25, 0.3) is 0 Å². The molecule has 2 aromatic carbocycles. The third-order valence-electron chi connectivity index (χ3n) is 2.89. The Labute approximate surface area is 117 Å². The molecule has 0 saturated carbocycles. The summed E-state index contributed by atoms with van der Waals surface area (Å²) in [5.41, 5.74) is 2.86. The molecule has 4 heteroatoms. The number of rotatable bonds is 4. The summed E-state index contributed by atoms with van der Waals surface area (Å²) >= 11 is 0. The first-order valence-electron chi connectivity index (χ1n) is 6.70. The molecule has 0 saturated heterocycles. The van der Waals surface area contributed by atoms with Crippen molar-refractivity contribution in [1.82, 2.24) is 9.97 Å². The van der Waals surface area contributed by atoms with Crippen molar-refractivity contribution in [3.8, 4) is 5.75 Å². The van der Waals surface area contributed by atoms with Crippen molar-refractivity contribution in [3.05, 3.63) is 48.5 Å². The second kappa shape index (κ2) is 5.25. The van der Waals surface area contributed by atoms with Gasteiger partial charge in [-0.05, 0) is 38.1 Å². The van der Waals surface area contributed by atoms with Crippen molar-refractivity contribution < 1.29 is 4.74 Å². The molecular weight excluding hydrogens is 250 g/mol. The Bertz CT molecular complexity index is 685. The average Bonchev–Trinajstić information content (AvgIpc) is 2.82. The molecular formula is C16H17N3O. The van der Waals surface area contributed by atoms with Crippen LogP contribution in [-0.4, -0.2) is 16.1 Å². The molecule has 0 unspecified atom stereocenters. The summed E-state index contributed by atoms with van der Waals surface area (Å²) in [5.74, 6) is 1.54. The van der Waals surface area contributed by atoms with Gasteiger partial charge in [-0.1, -0.05) is 24.3 Å². The maximum Gasteiger partial charge on any atom is 0.205 e. The second-order valence-corrected chi connectivity index (χ2v) is 4.89. The largest absolute Gasteiger partial charge is 0.489 e. The maximum atomic E-state index is 5.79. The number of aromatic nitrogens is 2. The van der Waals surface area contributed by atoms with Gasteiger partial charge in [-0.2, -0.15) is 0 Å². The number of ether oxygens (including phenoxy) is 1. The number of nitrogens with one attached hydrogen (secondary N) is 2. The fourth-order valence-electron chi connectivity index (χ4n) is 2.07. The van der Waals surface area contributed by atoms with Gasteiger partial charge in [0, 0.05) is 0 Å². The first-order chi connectivity index (χ1) is 9.72. The summed E-state index contributed by atoms with van der Waals surface area (Å²) in [6.45, 7) is 4.02. The highest BCUT2D eigenvalue weighted by Crippen LogP contribution is 2.28. The van der Waals surface area contributed by atoms with E-state index < -0.39 is 0 Å². The molecule has 102 valence electrons. The average molecular weight is 267 g/mol. The van der Waals surface area contributed by atoms with E-state index >= 15 is 0 Å². The lowest BCUT2D eigenvalue weighted by Crippen LogP contribution is -2.07. The lowest BCUT2D eigenvalue weighted by Gasteiger charge is -2.14. The Morgan fingerprint density at radius 2 is 1.80 bits per heavy atom. The molecule has 3 aromatic rings. The molecule has 0 amide bonds. The molecule has 0 spiro atoms. The number of para-hydroxylation sites is 4. The molecule has 0 aliphatic rings. The van der Waals surface area contributed by atoms with Crippen LogP contribution in [0.15, 0.2) is 48.5 Å². The molecule has 0 aliphatic carbocycles. The van der Waals surface area contributed by atoms with E-state index in [1.165, 1.54) is 0 Å². The summed E-state index contributed by atoms with van der Waals surface area (Å²) in [5, 5.41) is 3.28. The van der Waals surface area contributed by atoms with Gasteiger partial charge in [0.1, 0.15) is 5.75 Å². The molecule has 0 aliphatic heterocycles. The minimum atomic E-state index is 0.133. The summed E-state index contributed by atoms with van der Waals surface area (Å²) in [4.78, 5) is 7.75. The molecule has 3 rings (SSSR count). The quantitative estimate of drug-likeness (QED) is 0.748. The van der Waals surface area contributed by atoms with Gasteiger partial charge < -0.3 is 15.0 Å². The zero-order chi connectivity index (χ0) is 13.9. The first kappa shape index (κ1) is 12.5. The molecule has 20 heavy (non-hydrogen) atoms. The number of hydrogen-bond acceptors (Lipinski definition) is 3. The van der Waals surface area contributed by atoms with Crippen LogP contribution in [-0.2, 0) is 0 Å². The Morgan fingerprint density at radius 3 is 2.60 bits per heavy atom. The predicted octanol–water partition coefficient (Wildman–Crippen LogP) is 4.09. The minimum absolute atomic E-state index is 0.133. The molecule has 2 N–H and O–H groups in total. The Hall–Kier alpha value is -2.49. The SMILES string of the molecule is CC(C)Oc1ccccc1Nc1nc2ccccc2[nH]1. The molecule has 1 heterocycles. The van der Waals surface area contributed by atoms with E-state index in [0.29, 0.717) is 5.95 Å². The smallest absolute Gasteiger partial charge is 0.205 e. The third-order valence-corrected chi connectivity index (χ3v) is 2.89. The number of anilines is 2. The normalized spacial score (nSPS) is 10.9. The Morgan fingerprint density at radius 1 is 1.05 bits per heavy atom. The van der Waals surface area contributed by atoms with Crippen LogP contribution >= 0.6 is 0 Å². The van der Waals surface area contributed by atoms with Crippen LogP contribution in [0.4, 0.5) is 11.6 Å². The molecule has 0 radical (unpaired) electrons. The standard InChI is InChI=1S/C16H17N3O/c1-11(2)20-15-10-6-5-9-14(15)19-16-17-12-7-3-4-8-13(12)18-16/h3-11H,1-2H3,(H2,17,18,19). The van der Waals surface area contributed by atoms with Gasteiger partial charge in [-0.15, -0.1) is 0 Å². The van der Waals surface area contributed by atoms with Crippen molar-refractivity contribution in [2.45, 2.75) is 20.0 Å². The molecule has 0 bridgehead atoms. The highest BCUT2D eigenvalue weighted by Gasteiger charge is 2.07. The Kier molecular flexibility index (Phi) is 3.29. The lowest BCUT2D eigenvalue weighted by atomic mass is 10.3. The van der Waals surface area contributed by atoms with Crippen molar-refractivity contribution >= 4 is 22.7 Å². The zero-order valence-electron chi connectivity index (χ0n) is 11.6. The Balaban J connectivity index is 1.90. The molecule has 4 nitrogen and oxygen atoms in total. The zero-order valence-corrected chi connectivity index (χ0v) is 11.6. The number of imidazole rings is 1. The van der Waals surface area contributed by atoms with E-state index in [0.717, 1.165) is 22.5 Å².